The van der Waals surface area contributed by atoms with Crippen molar-refractivity contribution >= 4 is 17.2 Å². The van der Waals surface area contributed by atoms with Crippen LogP contribution < -0.4 is 10.1 Å². The molecule has 0 bridgehead atoms. The molecule has 6 heteroatoms. The lowest BCUT2D eigenvalue weighted by Gasteiger charge is -2.08. The molecule has 2 aromatic heterocycles. The van der Waals surface area contributed by atoms with Crippen molar-refractivity contribution in [2.45, 2.75) is 20.3 Å². The van der Waals surface area contributed by atoms with Gasteiger partial charge in [0.2, 0.25) is 0 Å². The van der Waals surface area contributed by atoms with Crippen LogP contribution in [0.15, 0.2) is 42.6 Å². The Bertz CT molecular complexity index is 841. The maximum absolute atomic E-state index is 12.0. The number of nitrogens with zero attached hydrogens (tertiary/aromatic N) is 3. The first-order chi connectivity index (χ1) is 11.1. The van der Waals surface area contributed by atoms with E-state index >= 15 is 0 Å². The van der Waals surface area contributed by atoms with E-state index in [0.29, 0.717) is 17.3 Å². The normalized spacial score (nSPS) is 10.7. The highest BCUT2D eigenvalue weighted by Gasteiger charge is 2.06. The van der Waals surface area contributed by atoms with Gasteiger partial charge in [-0.2, -0.15) is 5.10 Å². The van der Waals surface area contributed by atoms with Gasteiger partial charge in [-0.25, -0.2) is 9.50 Å². The molecule has 0 unspecified atom stereocenters. The first kappa shape index (κ1) is 15.0. The zero-order valence-corrected chi connectivity index (χ0v) is 13.1. The monoisotopic (exact) mass is 310 g/mol. The number of benzene rings is 1. The molecular formula is C17H18N4O2. The van der Waals surface area contributed by atoms with E-state index in [1.54, 1.807) is 22.8 Å². The van der Waals surface area contributed by atoms with Gasteiger partial charge in [0, 0.05) is 0 Å². The van der Waals surface area contributed by atoms with Crippen LogP contribution in [-0.2, 0) is 11.2 Å². The Balaban J connectivity index is 1.61. The third kappa shape index (κ3) is 3.66. The number of aryl methyl sites for hydroxylation is 2. The number of pyridine rings is 1. The van der Waals surface area contributed by atoms with Gasteiger partial charge in [0.05, 0.1) is 11.9 Å². The van der Waals surface area contributed by atoms with E-state index in [-0.39, 0.29) is 12.5 Å². The summed E-state index contributed by atoms with van der Waals surface area (Å²) in [6.45, 7) is 3.86. The van der Waals surface area contributed by atoms with Crippen molar-refractivity contribution in [1.29, 1.82) is 0 Å². The molecule has 3 aromatic rings. The van der Waals surface area contributed by atoms with E-state index < -0.39 is 0 Å². The summed E-state index contributed by atoms with van der Waals surface area (Å²) in [5.41, 5.74) is 2.57. The highest BCUT2D eigenvalue weighted by Crippen LogP contribution is 2.14. The van der Waals surface area contributed by atoms with E-state index in [9.17, 15) is 4.79 Å². The van der Waals surface area contributed by atoms with Gasteiger partial charge in [0.25, 0.3) is 5.91 Å². The number of fused-ring (bicyclic) bond motifs is 1. The first-order valence-corrected chi connectivity index (χ1v) is 7.48. The fraction of sp³-hybridized carbons (Fsp3) is 0.235. The van der Waals surface area contributed by atoms with Crippen LogP contribution in [0, 0.1) is 6.92 Å². The van der Waals surface area contributed by atoms with Gasteiger partial charge in [0.1, 0.15) is 11.6 Å². The van der Waals surface area contributed by atoms with E-state index in [2.05, 4.69) is 22.3 Å². The topological polar surface area (TPSA) is 68.5 Å². The first-order valence-electron chi connectivity index (χ1n) is 7.48. The van der Waals surface area contributed by atoms with Gasteiger partial charge in [-0.3, -0.25) is 4.79 Å². The lowest BCUT2D eigenvalue weighted by atomic mass is 10.2. The molecule has 0 saturated heterocycles. The van der Waals surface area contributed by atoms with Gasteiger partial charge in [0.15, 0.2) is 12.3 Å². The van der Waals surface area contributed by atoms with Gasteiger partial charge < -0.3 is 10.1 Å². The number of rotatable bonds is 5. The fourth-order valence-electron chi connectivity index (χ4n) is 2.27. The molecule has 0 atom stereocenters. The SMILES string of the molecule is CCc1cccc(OCC(=O)Nc2ccc3nc(C)nn3c2)c1. The summed E-state index contributed by atoms with van der Waals surface area (Å²) in [6, 6.07) is 11.3. The third-order valence-electron chi connectivity index (χ3n) is 3.40. The second-order valence-electron chi connectivity index (χ2n) is 5.22. The molecule has 3 rings (SSSR count). The van der Waals surface area contributed by atoms with E-state index in [1.165, 1.54) is 5.56 Å². The third-order valence-corrected chi connectivity index (χ3v) is 3.40. The molecular weight excluding hydrogens is 292 g/mol. The van der Waals surface area contributed by atoms with Crippen LogP contribution in [0.5, 0.6) is 5.75 Å². The number of carbonyl (C=O) groups excluding carboxylic acids is 1. The van der Waals surface area contributed by atoms with Crippen LogP contribution in [0.3, 0.4) is 0 Å². The van der Waals surface area contributed by atoms with Crippen LogP contribution in [0.1, 0.15) is 18.3 Å². The zero-order chi connectivity index (χ0) is 16.2. The van der Waals surface area contributed by atoms with Crippen molar-refractivity contribution in [3.63, 3.8) is 0 Å². The smallest absolute Gasteiger partial charge is 0.262 e. The summed E-state index contributed by atoms with van der Waals surface area (Å²) in [6.07, 6.45) is 2.66. The summed E-state index contributed by atoms with van der Waals surface area (Å²) in [4.78, 5) is 16.2. The van der Waals surface area contributed by atoms with E-state index in [4.69, 9.17) is 4.74 Å². The molecule has 0 aliphatic heterocycles. The summed E-state index contributed by atoms with van der Waals surface area (Å²) in [5, 5.41) is 7.01. The van der Waals surface area contributed by atoms with Crippen molar-refractivity contribution in [2.75, 3.05) is 11.9 Å². The molecule has 118 valence electrons. The number of hydrogen-bond acceptors (Lipinski definition) is 4. The Hall–Kier alpha value is -2.89. The average molecular weight is 310 g/mol. The minimum absolute atomic E-state index is 0.0401. The van der Waals surface area contributed by atoms with Gasteiger partial charge in [-0.05, 0) is 43.2 Å². The number of anilines is 1. The Morgan fingerprint density at radius 1 is 1.30 bits per heavy atom. The lowest BCUT2D eigenvalue weighted by molar-refractivity contribution is -0.118. The molecule has 0 fully saturated rings. The van der Waals surface area contributed by atoms with Gasteiger partial charge in [-0.1, -0.05) is 19.1 Å². The molecule has 1 N–H and O–H groups in total. The number of hydrogen-bond donors (Lipinski definition) is 1. The molecule has 23 heavy (non-hydrogen) atoms. The van der Waals surface area contributed by atoms with Crippen molar-refractivity contribution in [3.8, 4) is 5.75 Å². The molecule has 0 aliphatic rings. The summed E-state index contributed by atoms with van der Waals surface area (Å²) < 4.78 is 7.16. The second kappa shape index (κ2) is 6.48. The maximum Gasteiger partial charge on any atom is 0.262 e. The highest BCUT2D eigenvalue weighted by atomic mass is 16.5. The van der Waals surface area contributed by atoms with Crippen LogP contribution >= 0.6 is 0 Å². The molecule has 0 aliphatic carbocycles. The van der Waals surface area contributed by atoms with E-state index in [1.807, 2.05) is 31.2 Å². The molecule has 0 radical (unpaired) electrons. The predicted octanol–water partition coefficient (Wildman–Crippen LogP) is 2.62. The number of nitrogens with one attached hydrogen (secondary N) is 1. The van der Waals surface area contributed by atoms with Gasteiger partial charge >= 0.3 is 0 Å². The Kier molecular flexibility index (Phi) is 4.23. The van der Waals surface area contributed by atoms with Crippen molar-refractivity contribution in [2.24, 2.45) is 0 Å². The number of ether oxygens (including phenoxy) is 1. The predicted molar refractivity (Wildman–Crippen MR) is 87.7 cm³/mol. The molecule has 2 heterocycles. The summed E-state index contributed by atoms with van der Waals surface area (Å²) in [5.74, 6) is 1.16. The number of aromatic nitrogens is 3. The Labute approximate surface area is 134 Å². The summed E-state index contributed by atoms with van der Waals surface area (Å²) >= 11 is 0. The maximum atomic E-state index is 12.0. The minimum Gasteiger partial charge on any atom is -0.484 e. The van der Waals surface area contributed by atoms with Crippen LogP contribution in [0.4, 0.5) is 5.69 Å². The van der Waals surface area contributed by atoms with Crippen molar-refractivity contribution in [1.82, 2.24) is 14.6 Å². The van der Waals surface area contributed by atoms with Crippen molar-refractivity contribution in [3.05, 3.63) is 54.0 Å². The van der Waals surface area contributed by atoms with Crippen molar-refractivity contribution < 1.29 is 9.53 Å². The second-order valence-corrected chi connectivity index (χ2v) is 5.22. The van der Waals surface area contributed by atoms with Crippen LogP contribution in [0.25, 0.3) is 5.65 Å². The standard InChI is InChI=1S/C17H18N4O2/c1-3-13-5-4-6-15(9-13)23-11-17(22)19-14-7-8-16-18-12(2)20-21(16)10-14/h4-10H,3,11H2,1-2H3,(H,19,22). The number of amides is 1. The average Bonchev–Trinajstić information content (AvgIpc) is 2.92. The number of carbonyl (C=O) groups is 1. The lowest BCUT2D eigenvalue weighted by Crippen LogP contribution is -2.20. The minimum atomic E-state index is -0.219. The Morgan fingerprint density at radius 3 is 3.00 bits per heavy atom. The molecule has 6 nitrogen and oxygen atoms in total. The molecule has 0 spiro atoms. The summed E-state index contributed by atoms with van der Waals surface area (Å²) in [7, 11) is 0. The Morgan fingerprint density at radius 2 is 2.17 bits per heavy atom. The quantitative estimate of drug-likeness (QED) is 0.786. The van der Waals surface area contributed by atoms with Crippen LogP contribution in [-0.4, -0.2) is 27.1 Å². The van der Waals surface area contributed by atoms with E-state index in [0.717, 1.165) is 12.1 Å². The zero-order valence-electron chi connectivity index (χ0n) is 13.1. The molecule has 0 saturated carbocycles. The largest absolute Gasteiger partial charge is 0.484 e. The molecule has 1 amide bonds. The molecule has 1 aromatic carbocycles. The highest BCUT2D eigenvalue weighted by molar-refractivity contribution is 5.91. The van der Waals surface area contributed by atoms with Crippen LogP contribution in [0.2, 0.25) is 0 Å². The fourth-order valence-corrected chi connectivity index (χ4v) is 2.27. The van der Waals surface area contributed by atoms with Gasteiger partial charge in [-0.15, -0.1) is 0 Å².